The molecule has 1 saturated heterocycles. The molecule has 2 aliphatic rings. The summed E-state index contributed by atoms with van der Waals surface area (Å²) in [6.07, 6.45) is 4.41. The lowest BCUT2D eigenvalue weighted by molar-refractivity contribution is 0.292. The lowest BCUT2D eigenvalue weighted by Crippen LogP contribution is -2.30. The standard InChI is InChI=1S/C17H22N4/c18-17-7-6-13-10-20(12-16(13)17)11-15-8-9-19-21(15)14-4-2-1-3-5-14/h1-5,8-9,13,16-17H,6-7,10-12,18H2. The highest BCUT2D eigenvalue weighted by molar-refractivity contribution is 5.32. The van der Waals surface area contributed by atoms with E-state index in [1.54, 1.807) is 0 Å². The van der Waals surface area contributed by atoms with E-state index in [1.165, 1.54) is 25.1 Å². The van der Waals surface area contributed by atoms with Crippen molar-refractivity contribution >= 4 is 0 Å². The minimum absolute atomic E-state index is 0.416. The Morgan fingerprint density at radius 3 is 2.76 bits per heavy atom. The van der Waals surface area contributed by atoms with Crippen molar-refractivity contribution in [3.63, 3.8) is 0 Å². The Labute approximate surface area is 125 Å². The van der Waals surface area contributed by atoms with Gasteiger partial charge in [0.1, 0.15) is 0 Å². The first kappa shape index (κ1) is 13.0. The second-order valence-corrected chi connectivity index (χ2v) is 6.43. The highest BCUT2D eigenvalue weighted by Gasteiger charge is 2.40. The molecule has 0 spiro atoms. The molecule has 4 heteroatoms. The largest absolute Gasteiger partial charge is 0.327 e. The van der Waals surface area contributed by atoms with Gasteiger partial charge in [-0.3, -0.25) is 4.90 Å². The first-order valence-corrected chi connectivity index (χ1v) is 7.87. The zero-order chi connectivity index (χ0) is 14.2. The molecule has 2 aromatic rings. The van der Waals surface area contributed by atoms with Crippen LogP contribution in [-0.4, -0.2) is 33.8 Å². The number of hydrogen-bond donors (Lipinski definition) is 1. The third-order valence-corrected chi connectivity index (χ3v) is 5.10. The summed E-state index contributed by atoms with van der Waals surface area (Å²) in [6, 6.07) is 12.9. The molecule has 0 bridgehead atoms. The van der Waals surface area contributed by atoms with Crippen LogP contribution in [0, 0.1) is 11.8 Å². The predicted molar refractivity (Wildman–Crippen MR) is 83.0 cm³/mol. The molecule has 0 amide bonds. The van der Waals surface area contributed by atoms with E-state index in [0.29, 0.717) is 12.0 Å². The maximum Gasteiger partial charge on any atom is 0.0649 e. The Hall–Kier alpha value is -1.65. The molecule has 1 aliphatic carbocycles. The van der Waals surface area contributed by atoms with E-state index in [9.17, 15) is 0 Å². The summed E-state index contributed by atoms with van der Waals surface area (Å²) in [7, 11) is 0. The highest BCUT2D eigenvalue weighted by atomic mass is 15.3. The molecule has 1 aromatic heterocycles. The molecule has 2 fully saturated rings. The lowest BCUT2D eigenvalue weighted by atomic mass is 9.98. The maximum atomic E-state index is 6.23. The average molecular weight is 282 g/mol. The molecule has 110 valence electrons. The van der Waals surface area contributed by atoms with Crippen molar-refractivity contribution in [2.24, 2.45) is 17.6 Å². The number of benzene rings is 1. The second kappa shape index (κ2) is 5.28. The summed E-state index contributed by atoms with van der Waals surface area (Å²) in [5.41, 5.74) is 8.62. The van der Waals surface area contributed by atoms with Crippen LogP contribution in [0.2, 0.25) is 0 Å². The highest BCUT2D eigenvalue weighted by Crippen LogP contribution is 2.37. The number of rotatable bonds is 3. The van der Waals surface area contributed by atoms with E-state index < -0.39 is 0 Å². The number of nitrogens with zero attached hydrogens (tertiary/aromatic N) is 3. The molecule has 0 radical (unpaired) electrons. The van der Waals surface area contributed by atoms with Crippen LogP contribution in [0.1, 0.15) is 18.5 Å². The third-order valence-electron chi connectivity index (χ3n) is 5.10. The second-order valence-electron chi connectivity index (χ2n) is 6.43. The molecule has 4 nitrogen and oxygen atoms in total. The van der Waals surface area contributed by atoms with Crippen LogP contribution in [0.5, 0.6) is 0 Å². The zero-order valence-corrected chi connectivity index (χ0v) is 12.2. The Balaban J connectivity index is 1.51. The van der Waals surface area contributed by atoms with Crippen LogP contribution in [0.4, 0.5) is 0 Å². The van der Waals surface area contributed by atoms with E-state index in [-0.39, 0.29) is 0 Å². The summed E-state index contributed by atoms with van der Waals surface area (Å²) in [5, 5.41) is 4.48. The van der Waals surface area contributed by atoms with Gasteiger partial charge in [0, 0.05) is 31.9 Å². The quantitative estimate of drug-likeness (QED) is 0.937. The molecular weight excluding hydrogens is 260 g/mol. The minimum atomic E-state index is 0.416. The Morgan fingerprint density at radius 1 is 1.10 bits per heavy atom. The molecule has 1 saturated carbocycles. The Kier molecular flexibility index (Phi) is 3.28. The van der Waals surface area contributed by atoms with Crippen LogP contribution in [0.3, 0.4) is 0 Å². The SMILES string of the molecule is NC1CCC2CN(Cc3ccnn3-c3ccccc3)CC12. The molecule has 2 heterocycles. The van der Waals surface area contributed by atoms with Crippen molar-refractivity contribution in [1.29, 1.82) is 0 Å². The summed E-state index contributed by atoms with van der Waals surface area (Å²) in [6.45, 7) is 3.30. The summed E-state index contributed by atoms with van der Waals surface area (Å²) >= 11 is 0. The molecule has 21 heavy (non-hydrogen) atoms. The van der Waals surface area contributed by atoms with Crippen molar-refractivity contribution in [3.8, 4) is 5.69 Å². The van der Waals surface area contributed by atoms with Crippen molar-refractivity contribution in [1.82, 2.24) is 14.7 Å². The van der Waals surface area contributed by atoms with Gasteiger partial charge in [-0.05, 0) is 42.9 Å². The summed E-state index contributed by atoms with van der Waals surface area (Å²) < 4.78 is 2.05. The fourth-order valence-corrected chi connectivity index (χ4v) is 4.01. The first-order valence-electron chi connectivity index (χ1n) is 7.87. The fourth-order valence-electron chi connectivity index (χ4n) is 4.01. The van der Waals surface area contributed by atoms with Gasteiger partial charge in [0.15, 0.2) is 0 Å². The van der Waals surface area contributed by atoms with Gasteiger partial charge in [-0.15, -0.1) is 0 Å². The van der Waals surface area contributed by atoms with Crippen molar-refractivity contribution in [2.75, 3.05) is 13.1 Å². The van der Waals surface area contributed by atoms with Gasteiger partial charge in [0.2, 0.25) is 0 Å². The Morgan fingerprint density at radius 2 is 1.95 bits per heavy atom. The average Bonchev–Trinajstić information content (AvgIpc) is 3.19. The normalized spacial score (nSPS) is 28.9. The minimum Gasteiger partial charge on any atom is -0.327 e. The van der Waals surface area contributed by atoms with E-state index in [2.05, 4.69) is 40.3 Å². The first-order chi connectivity index (χ1) is 10.3. The molecule has 4 rings (SSSR count). The molecule has 1 aromatic carbocycles. The summed E-state index contributed by atoms with van der Waals surface area (Å²) in [5.74, 6) is 1.52. The van der Waals surface area contributed by atoms with Crippen LogP contribution in [0.15, 0.2) is 42.6 Å². The van der Waals surface area contributed by atoms with Gasteiger partial charge in [0.25, 0.3) is 0 Å². The zero-order valence-electron chi connectivity index (χ0n) is 12.2. The van der Waals surface area contributed by atoms with E-state index in [0.717, 1.165) is 24.7 Å². The fraction of sp³-hybridized carbons (Fsp3) is 0.471. The summed E-state index contributed by atoms with van der Waals surface area (Å²) in [4.78, 5) is 2.55. The van der Waals surface area contributed by atoms with Crippen LogP contribution in [-0.2, 0) is 6.54 Å². The monoisotopic (exact) mass is 282 g/mol. The van der Waals surface area contributed by atoms with Gasteiger partial charge in [0.05, 0.1) is 11.4 Å². The van der Waals surface area contributed by atoms with Crippen molar-refractivity contribution < 1.29 is 0 Å². The Bertz CT molecular complexity index is 606. The number of aromatic nitrogens is 2. The number of hydrogen-bond acceptors (Lipinski definition) is 3. The molecule has 3 atom stereocenters. The van der Waals surface area contributed by atoms with Gasteiger partial charge in [-0.2, -0.15) is 5.10 Å². The number of fused-ring (bicyclic) bond motifs is 1. The van der Waals surface area contributed by atoms with Gasteiger partial charge in [-0.25, -0.2) is 4.68 Å². The van der Waals surface area contributed by atoms with Gasteiger partial charge < -0.3 is 5.73 Å². The number of likely N-dealkylation sites (tertiary alicyclic amines) is 1. The molecular formula is C17H22N4. The van der Waals surface area contributed by atoms with E-state index in [1.807, 2.05) is 16.9 Å². The number of para-hydroxylation sites is 1. The van der Waals surface area contributed by atoms with Crippen LogP contribution < -0.4 is 5.73 Å². The molecule has 1 aliphatic heterocycles. The molecule has 2 N–H and O–H groups in total. The van der Waals surface area contributed by atoms with Crippen LogP contribution in [0.25, 0.3) is 5.69 Å². The topological polar surface area (TPSA) is 47.1 Å². The predicted octanol–water partition coefficient (Wildman–Crippen LogP) is 2.04. The van der Waals surface area contributed by atoms with Gasteiger partial charge >= 0.3 is 0 Å². The van der Waals surface area contributed by atoms with Crippen molar-refractivity contribution in [3.05, 3.63) is 48.3 Å². The third kappa shape index (κ3) is 2.39. The van der Waals surface area contributed by atoms with Gasteiger partial charge in [-0.1, -0.05) is 18.2 Å². The molecule has 3 unspecified atom stereocenters. The number of nitrogens with two attached hydrogens (primary N) is 1. The smallest absolute Gasteiger partial charge is 0.0649 e. The van der Waals surface area contributed by atoms with E-state index >= 15 is 0 Å². The van der Waals surface area contributed by atoms with Crippen molar-refractivity contribution in [2.45, 2.75) is 25.4 Å². The maximum absolute atomic E-state index is 6.23. The lowest BCUT2D eigenvalue weighted by Gasteiger charge is -2.19. The van der Waals surface area contributed by atoms with E-state index in [4.69, 9.17) is 5.73 Å². The van der Waals surface area contributed by atoms with Crippen LogP contribution >= 0.6 is 0 Å².